The summed E-state index contributed by atoms with van der Waals surface area (Å²) < 4.78 is 12.9. The second kappa shape index (κ2) is 7.83. The molecule has 8 nitrogen and oxygen atoms in total. The standard InChI is InChI=1S/C23H18N4O4/c28-22(15-7-8-27-14-24-13-17(27)11-15)26-19-4-2-1-3-18(19)23(29)25-16-5-6-20-21(12-16)31-10-9-30-20/h1-8,11-14H,9-10H2,(H,25,29)(H,26,28). The van der Waals surface area contributed by atoms with Crippen molar-refractivity contribution in [1.29, 1.82) is 0 Å². The lowest BCUT2D eigenvalue weighted by Gasteiger charge is -2.19. The summed E-state index contributed by atoms with van der Waals surface area (Å²) in [4.78, 5) is 29.7. The van der Waals surface area contributed by atoms with E-state index in [1.54, 1.807) is 73.3 Å². The van der Waals surface area contributed by atoms with Gasteiger partial charge in [-0.15, -0.1) is 0 Å². The molecule has 1 aliphatic heterocycles. The van der Waals surface area contributed by atoms with E-state index < -0.39 is 0 Å². The average Bonchev–Trinajstić information content (AvgIpc) is 3.27. The van der Waals surface area contributed by atoms with Gasteiger partial charge < -0.3 is 24.5 Å². The summed E-state index contributed by atoms with van der Waals surface area (Å²) in [6.45, 7) is 0.962. The number of carbonyl (C=O) groups is 2. The molecular weight excluding hydrogens is 396 g/mol. The van der Waals surface area contributed by atoms with Crippen molar-refractivity contribution in [3.8, 4) is 11.5 Å². The zero-order valence-electron chi connectivity index (χ0n) is 16.4. The Bertz CT molecular complexity index is 1300. The van der Waals surface area contributed by atoms with E-state index in [9.17, 15) is 9.59 Å². The number of aromatic nitrogens is 2. The number of amides is 2. The molecule has 3 heterocycles. The van der Waals surface area contributed by atoms with Crippen molar-refractivity contribution in [2.24, 2.45) is 0 Å². The predicted molar refractivity (Wildman–Crippen MR) is 115 cm³/mol. The molecule has 0 radical (unpaired) electrons. The third-order valence-electron chi connectivity index (χ3n) is 4.90. The SMILES string of the molecule is O=C(Nc1ccccc1C(=O)Nc1ccc2c(c1)OCCO2)c1ccn2cncc2c1. The Hall–Kier alpha value is -4.33. The van der Waals surface area contributed by atoms with E-state index in [0.29, 0.717) is 47.2 Å². The Balaban J connectivity index is 1.36. The van der Waals surface area contributed by atoms with Crippen LogP contribution in [0.25, 0.3) is 5.52 Å². The fraction of sp³-hybridized carbons (Fsp3) is 0.0870. The maximum absolute atomic E-state index is 12.9. The predicted octanol–water partition coefficient (Wildman–Crippen LogP) is 3.61. The summed E-state index contributed by atoms with van der Waals surface area (Å²) in [7, 11) is 0. The fourth-order valence-electron chi connectivity index (χ4n) is 3.36. The summed E-state index contributed by atoms with van der Waals surface area (Å²) in [6.07, 6.45) is 5.10. The number of anilines is 2. The Morgan fingerprint density at radius 3 is 2.65 bits per heavy atom. The summed E-state index contributed by atoms with van der Waals surface area (Å²) in [5, 5.41) is 5.67. The van der Waals surface area contributed by atoms with Gasteiger partial charge in [0.25, 0.3) is 11.8 Å². The van der Waals surface area contributed by atoms with Gasteiger partial charge in [-0.05, 0) is 36.4 Å². The molecule has 0 saturated heterocycles. The van der Waals surface area contributed by atoms with E-state index >= 15 is 0 Å². The molecule has 2 aromatic heterocycles. The van der Waals surface area contributed by atoms with Crippen LogP contribution >= 0.6 is 0 Å². The van der Waals surface area contributed by atoms with Gasteiger partial charge in [0.1, 0.15) is 13.2 Å². The fourth-order valence-corrected chi connectivity index (χ4v) is 3.36. The number of nitrogens with zero attached hydrogens (tertiary/aromatic N) is 2. The molecule has 8 heteroatoms. The second-order valence-corrected chi connectivity index (χ2v) is 6.95. The van der Waals surface area contributed by atoms with Crippen LogP contribution in [0.5, 0.6) is 11.5 Å². The lowest BCUT2D eigenvalue weighted by atomic mass is 10.1. The van der Waals surface area contributed by atoms with Gasteiger partial charge in [0, 0.05) is 23.5 Å². The number of imidazole rings is 1. The molecule has 0 fully saturated rings. The lowest BCUT2D eigenvalue weighted by Crippen LogP contribution is -2.19. The molecule has 0 bridgehead atoms. The summed E-state index contributed by atoms with van der Waals surface area (Å²) in [5.41, 5.74) is 2.60. The number of carbonyl (C=O) groups excluding carboxylic acids is 2. The van der Waals surface area contributed by atoms with E-state index in [2.05, 4.69) is 15.6 Å². The topological polar surface area (TPSA) is 94.0 Å². The van der Waals surface area contributed by atoms with Crippen molar-refractivity contribution in [1.82, 2.24) is 9.38 Å². The van der Waals surface area contributed by atoms with Crippen molar-refractivity contribution in [3.63, 3.8) is 0 Å². The highest BCUT2D eigenvalue weighted by Crippen LogP contribution is 2.33. The van der Waals surface area contributed by atoms with Crippen molar-refractivity contribution < 1.29 is 19.1 Å². The third-order valence-corrected chi connectivity index (χ3v) is 4.90. The van der Waals surface area contributed by atoms with Crippen LogP contribution in [0.4, 0.5) is 11.4 Å². The van der Waals surface area contributed by atoms with Crippen molar-refractivity contribution >= 4 is 28.7 Å². The maximum atomic E-state index is 12.9. The van der Waals surface area contributed by atoms with Crippen molar-refractivity contribution in [3.05, 3.63) is 84.4 Å². The highest BCUT2D eigenvalue weighted by molar-refractivity contribution is 6.12. The van der Waals surface area contributed by atoms with Gasteiger partial charge in [-0.25, -0.2) is 4.98 Å². The zero-order valence-corrected chi connectivity index (χ0v) is 16.4. The summed E-state index contributed by atoms with van der Waals surface area (Å²) in [5.74, 6) is 0.565. The first kappa shape index (κ1) is 18.7. The molecule has 0 spiro atoms. The minimum atomic E-state index is -0.348. The quantitative estimate of drug-likeness (QED) is 0.532. The van der Waals surface area contributed by atoms with Gasteiger partial charge in [0.15, 0.2) is 11.5 Å². The number of hydrogen-bond acceptors (Lipinski definition) is 5. The summed E-state index contributed by atoms with van der Waals surface area (Å²) >= 11 is 0. The van der Waals surface area contributed by atoms with Crippen molar-refractivity contribution in [2.45, 2.75) is 0 Å². The van der Waals surface area contributed by atoms with E-state index in [1.807, 2.05) is 4.40 Å². The minimum Gasteiger partial charge on any atom is -0.486 e. The average molecular weight is 414 g/mol. The molecular formula is C23H18N4O4. The first-order valence-electron chi connectivity index (χ1n) is 9.70. The maximum Gasteiger partial charge on any atom is 0.257 e. The van der Waals surface area contributed by atoms with Crippen LogP contribution in [-0.4, -0.2) is 34.4 Å². The molecule has 5 rings (SSSR count). The van der Waals surface area contributed by atoms with Gasteiger partial charge in [-0.2, -0.15) is 0 Å². The van der Waals surface area contributed by atoms with Crippen LogP contribution in [0.1, 0.15) is 20.7 Å². The van der Waals surface area contributed by atoms with Crippen LogP contribution in [-0.2, 0) is 0 Å². The number of benzene rings is 2. The number of fused-ring (bicyclic) bond motifs is 2. The largest absolute Gasteiger partial charge is 0.486 e. The van der Waals surface area contributed by atoms with Crippen LogP contribution in [0.2, 0.25) is 0 Å². The van der Waals surface area contributed by atoms with Gasteiger partial charge in [-0.1, -0.05) is 12.1 Å². The highest BCUT2D eigenvalue weighted by Gasteiger charge is 2.17. The minimum absolute atomic E-state index is 0.316. The summed E-state index contributed by atoms with van der Waals surface area (Å²) in [6, 6.07) is 15.5. The van der Waals surface area contributed by atoms with Crippen molar-refractivity contribution in [2.75, 3.05) is 23.8 Å². The number of rotatable bonds is 4. The highest BCUT2D eigenvalue weighted by atomic mass is 16.6. The molecule has 154 valence electrons. The second-order valence-electron chi connectivity index (χ2n) is 6.95. The normalized spacial score (nSPS) is 12.4. The molecule has 0 atom stereocenters. The van der Waals surface area contributed by atoms with E-state index in [0.717, 1.165) is 5.52 Å². The van der Waals surface area contributed by atoms with Gasteiger partial charge in [0.05, 0.1) is 29.3 Å². The Labute approximate surface area is 177 Å². The molecule has 1 aliphatic rings. The van der Waals surface area contributed by atoms with Crippen LogP contribution in [0, 0.1) is 0 Å². The Kier molecular flexibility index (Phi) is 4.72. The smallest absolute Gasteiger partial charge is 0.257 e. The Morgan fingerprint density at radius 1 is 0.903 bits per heavy atom. The molecule has 2 amide bonds. The number of hydrogen-bond donors (Lipinski definition) is 2. The van der Waals surface area contributed by atoms with Crippen LogP contribution in [0.3, 0.4) is 0 Å². The van der Waals surface area contributed by atoms with Gasteiger partial charge in [-0.3, -0.25) is 9.59 Å². The third kappa shape index (κ3) is 3.78. The molecule has 0 aliphatic carbocycles. The first-order chi connectivity index (χ1) is 15.2. The molecule has 0 saturated carbocycles. The lowest BCUT2D eigenvalue weighted by molar-refractivity contribution is 0.102. The number of ether oxygens (including phenoxy) is 2. The molecule has 0 unspecified atom stereocenters. The Morgan fingerprint density at radius 2 is 1.74 bits per heavy atom. The van der Waals surface area contributed by atoms with Crippen LogP contribution < -0.4 is 20.1 Å². The first-order valence-corrected chi connectivity index (χ1v) is 9.70. The molecule has 31 heavy (non-hydrogen) atoms. The molecule has 4 aromatic rings. The van der Waals surface area contributed by atoms with E-state index in [-0.39, 0.29) is 11.8 Å². The van der Waals surface area contributed by atoms with Gasteiger partial charge in [0.2, 0.25) is 0 Å². The number of pyridine rings is 1. The molecule has 2 N–H and O–H groups in total. The number of nitrogens with one attached hydrogen (secondary N) is 2. The van der Waals surface area contributed by atoms with E-state index in [1.165, 1.54) is 0 Å². The van der Waals surface area contributed by atoms with Gasteiger partial charge >= 0.3 is 0 Å². The zero-order chi connectivity index (χ0) is 21.2. The number of para-hydroxylation sites is 1. The monoisotopic (exact) mass is 414 g/mol. The van der Waals surface area contributed by atoms with E-state index in [4.69, 9.17) is 9.47 Å². The van der Waals surface area contributed by atoms with Crippen LogP contribution in [0.15, 0.2) is 73.3 Å². The molecule has 2 aromatic carbocycles.